The van der Waals surface area contributed by atoms with Crippen LogP contribution in [0.2, 0.25) is 0 Å². The van der Waals surface area contributed by atoms with Crippen molar-refractivity contribution < 1.29 is 9.90 Å². The van der Waals surface area contributed by atoms with E-state index < -0.39 is 6.09 Å². The number of rotatable bonds is 2. The number of carbonyl (C=O) groups is 1. The Bertz CT molecular complexity index is 669. The highest BCUT2D eigenvalue weighted by atomic mass is 16.4. The van der Waals surface area contributed by atoms with Crippen molar-refractivity contribution in [3.63, 3.8) is 0 Å². The van der Waals surface area contributed by atoms with Crippen LogP contribution in [0.25, 0.3) is 11.0 Å². The predicted molar refractivity (Wildman–Crippen MR) is 81.7 cm³/mol. The third-order valence-corrected chi connectivity index (χ3v) is 4.41. The molecule has 5 nitrogen and oxygen atoms in total. The third kappa shape index (κ3) is 2.73. The summed E-state index contributed by atoms with van der Waals surface area (Å²) in [5.41, 5.74) is 3.47. The van der Waals surface area contributed by atoms with Crippen LogP contribution < -0.4 is 5.32 Å². The lowest BCUT2D eigenvalue weighted by Gasteiger charge is -2.30. The van der Waals surface area contributed by atoms with E-state index in [-0.39, 0.29) is 6.04 Å². The smallest absolute Gasteiger partial charge is 0.404 e. The molecule has 1 fully saturated rings. The maximum atomic E-state index is 10.7. The number of nitrogens with zero attached hydrogens (tertiary/aromatic N) is 2. The molecule has 1 aliphatic rings. The lowest BCUT2D eigenvalue weighted by Crippen LogP contribution is -2.37. The van der Waals surface area contributed by atoms with E-state index in [1.54, 1.807) is 0 Å². The number of imidazole rings is 1. The zero-order chi connectivity index (χ0) is 15.0. The van der Waals surface area contributed by atoms with Gasteiger partial charge in [0.25, 0.3) is 0 Å². The van der Waals surface area contributed by atoms with Crippen molar-refractivity contribution in [2.45, 2.75) is 51.6 Å². The summed E-state index contributed by atoms with van der Waals surface area (Å²) in [6.45, 7) is 4.13. The minimum absolute atomic E-state index is 0.0936. The summed E-state index contributed by atoms with van der Waals surface area (Å²) in [7, 11) is 0. The van der Waals surface area contributed by atoms with Gasteiger partial charge in [-0.1, -0.05) is 6.07 Å². The molecule has 1 aromatic heterocycles. The van der Waals surface area contributed by atoms with Crippen molar-refractivity contribution in [3.8, 4) is 0 Å². The molecule has 112 valence electrons. The van der Waals surface area contributed by atoms with Crippen LogP contribution in [0.15, 0.2) is 18.2 Å². The topological polar surface area (TPSA) is 67.2 Å². The lowest BCUT2D eigenvalue weighted by molar-refractivity contribution is 0.182. The van der Waals surface area contributed by atoms with E-state index in [2.05, 4.69) is 46.9 Å². The third-order valence-electron chi connectivity index (χ3n) is 4.41. The zero-order valence-corrected chi connectivity index (χ0v) is 12.5. The molecule has 0 radical (unpaired) electrons. The van der Waals surface area contributed by atoms with Crippen LogP contribution >= 0.6 is 0 Å². The fourth-order valence-electron chi connectivity index (χ4n) is 3.44. The second-order valence-corrected chi connectivity index (χ2v) is 5.98. The molecular formula is C16H21N3O2. The first kappa shape index (κ1) is 13.9. The van der Waals surface area contributed by atoms with E-state index >= 15 is 0 Å². The highest BCUT2D eigenvalue weighted by molar-refractivity contribution is 5.77. The van der Waals surface area contributed by atoms with Crippen LogP contribution in [0.1, 0.15) is 43.1 Å². The van der Waals surface area contributed by atoms with Crippen LogP contribution in [-0.2, 0) is 0 Å². The minimum atomic E-state index is -0.918. The second-order valence-electron chi connectivity index (χ2n) is 5.98. The van der Waals surface area contributed by atoms with Gasteiger partial charge >= 0.3 is 6.09 Å². The van der Waals surface area contributed by atoms with Gasteiger partial charge in [-0.05, 0) is 57.2 Å². The first-order valence-corrected chi connectivity index (χ1v) is 7.49. The molecule has 5 heteroatoms. The number of hydrogen-bond donors (Lipinski definition) is 2. The van der Waals surface area contributed by atoms with Gasteiger partial charge < -0.3 is 15.0 Å². The van der Waals surface area contributed by atoms with Gasteiger partial charge in [0.1, 0.15) is 5.82 Å². The Balaban J connectivity index is 1.82. The number of aryl methyl sites for hydroxylation is 2. The van der Waals surface area contributed by atoms with Gasteiger partial charge in [0.05, 0.1) is 11.0 Å². The van der Waals surface area contributed by atoms with Crippen LogP contribution in [0.3, 0.4) is 0 Å². The molecule has 21 heavy (non-hydrogen) atoms. The molecule has 2 N–H and O–H groups in total. The number of nitrogens with one attached hydrogen (secondary N) is 1. The first-order valence-electron chi connectivity index (χ1n) is 7.49. The molecule has 0 spiro atoms. The maximum absolute atomic E-state index is 10.7. The Morgan fingerprint density at radius 3 is 2.67 bits per heavy atom. The number of carboxylic acid groups (broad SMARTS) is 1. The van der Waals surface area contributed by atoms with Crippen LogP contribution in [0.5, 0.6) is 0 Å². The Morgan fingerprint density at radius 2 is 2.00 bits per heavy atom. The molecule has 1 aromatic carbocycles. The van der Waals surface area contributed by atoms with Gasteiger partial charge in [-0.25, -0.2) is 9.78 Å². The van der Waals surface area contributed by atoms with Crippen LogP contribution in [0, 0.1) is 13.8 Å². The molecule has 1 amide bonds. The molecule has 1 saturated carbocycles. The molecule has 2 aromatic rings. The van der Waals surface area contributed by atoms with Gasteiger partial charge in [0, 0.05) is 12.1 Å². The molecule has 0 aliphatic heterocycles. The Labute approximate surface area is 124 Å². The highest BCUT2D eigenvalue weighted by Gasteiger charge is 2.25. The summed E-state index contributed by atoms with van der Waals surface area (Å²) >= 11 is 0. The van der Waals surface area contributed by atoms with E-state index in [1.807, 2.05) is 0 Å². The fraction of sp³-hybridized carbons (Fsp3) is 0.500. The molecule has 1 aliphatic carbocycles. The SMILES string of the molecule is Cc1ccc2c(c1)nc(C)n2C1CCC(NC(=O)O)CC1. The van der Waals surface area contributed by atoms with E-state index in [1.165, 1.54) is 11.1 Å². The van der Waals surface area contributed by atoms with Crippen molar-refractivity contribution >= 4 is 17.1 Å². The lowest BCUT2D eigenvalue weighted by atomic mass is 9.91. The Kier molecular flexibility index (Phi) is 3.57. The normalized spacial score (nSPS) is 22.4. The van der Waals surface area contributed by atoms with Gasteiger partial charge in [0.15, 0.2) is 0 Å². The largest absolute Gasteiger partial charge is 0.465 e. The van der Waals surface area contributed by atoms with Crippen molar-refractivity contribution in [3.05, 3.63) is 29.6 Å². The van der Waals surface area contributed by atoms with E-state index in [0.717, 1.165) is 37.0 Å². The van der Waals surface area contributed by atoms with Crippen LogP contribution in [-0.4, -0.2) is 26.8 Å². The van der Waals surface area contributed by atoms with E-state index in [9.17, 15) is 4.79 Å². The average molecular weight is 287 g/mol. The van der Waals surface area contributed by atoms with E-state index in [0.29, 0.717) is 6.04 Å². The van der Waals surface area contributed by atoms with Gasteiger partial charge in [0.2, 0.25) is 0 Å². The highest BCUT2D eigenvalue weighted by Crippen LogP contribution is 2.32. The van der Waals surface area contributed by atoms with Crippen molar-refractivity contribution in [1.29, 1.82) is 0 Å². The summed E-state index contributed by atoms with van der Waals surface area (Å²) in [5, 5.41) is 11.4. The van der Waals surface area contributed by atoms with E-state index in [4.69, 9.17) is 5.11 Å². The van der Waals surface area contributed by atoms with Crippen molar-refractivity contribution in [1.82, 2.24) is 14.9 Å². The molecule has 3 rings (SSSR count). The summed E-state index contributed by atoms with van der Waals surface area (Å²) in [5.74, 6) is 1.05. The standard InChI is InChI=1S/C16H21N3O2/c1-10-3-8-15-14(9-10)17-11(2)19(15)13-6-4-12(5-7-13)18-16(20)21/h3,8-9,12-13,18H,4-7H2,1-2H3,(H,20,21). The monoisotopic (exact) mass is 287 g/mol. The first-order chi connectivity index (χ1) is 10.0. The number of hydrogen-bond acceptors (Lipinski definition) is 2. The summed E-state index contributed by atoms with van der Waals surface area (Å²) in [4.78, 5) is 15.4. The average Bonchev–Trinajstić information content (AvgIpc) is 2.74. The number of fused-ring (bicyclic) bond motifs is 1. The molecule has 0 unspecified atom stereocenters. The number of benzene rings is 1. The Morgan fingerprint density at radius 1 is 1.29 bits per heavy atom. The van der Waals surface area contributed by atoms with Gasteiger partial charge in [-0.3, -0.25) is 0 Å². The van der Waals surface area contributed by atoms with Gasteiger partial charge in [-0.15, -0.1) is 0 Å². The van der Waals surface area contributed by atoms with Gasteiger partial charge in [-0.2, -0.15) is 0 Å². The summed E-state index contributed by atoms with van der Waals surface area (Å²) in [6.07, 6.45) is 2.85. The minimum Gasteiger partial charge on any atom is -0.465 e. The number of aromatic nitrogens is 2. The molecular weight excluding hydrogens is 266 g/mol. The molecule has 0 saturated heterocycles. The van der Waals surface area contributed by atoms with Crippen molar-refractivity contribution in [2.24, 2.45) is 0 Å². The molecule has 0 bridgehead atoms. The molecule has 0 atom stereocenters. The fourth-order valence-corrected chi connectivity index (χ4v) is 3.44. The van der Waals surface area contributed by atoms with Crippen LogP contribution in [0.4, 0.5) is 4.79 Å². The Hall–Kier alpha value is -2.04. The zero-order valence-electron chi connectivity index (χ0n) is 12.5. The second kappa shape index (κ2) is 5.39. The quantitative estimate of drug-likeness (QED) is 0.889. The molecule has 1 heterocycles. The maximum Gasteiger partial charge on any atom is 0.404 e. The van der Waals surface area contributed by atoms with Crippen molar-refractivity contribution in [2.75, 3.05) is 0 Å². The predicted octanol–water partition coefficient (Wildman–Crippen LogP) is 3.40. The number of amides is 1. The summed E-state index contributed by atoms with van der Waals surface area (Å²) < 4.78 is 2.33. The summed E-state index contributed by atoms with van der Waals surface area (Å²) in [6, 6.07) is 6.90.